The summed E-state index contributed by atoms with van der Waals surface area (Å²) in [6.07, 6.45) is -2.53. The van der Waals surface area contributed by atoms with Crippen LogP contribution in [0.25, 0.3) is 6.08 Å². The first-order valence-electron chi connectivity index (χ1n) is 7.10. The number of allylic oxidation sites excluding steroid dienone is 1. The van der Waals surface area contributed by atoms with Crippen LogP contribution in [-0.2, 0) is 0 Å². The summed E-state index contributed by atoms with van der Waals surface area (Å²) in [5.41, 5.74) is -0.240. The Kier molecular flexibility index (Phi) is 5.96. The average molecular weight is 400 g/mol. The van der Waals surface area contributed by atoms with Crippen molar-refractivity contribution < 1.29 is 23.1 Å². The molecular weight excluding hydrogens is 390 g/mol. The van der Waals surface area contributed by atoms with E-state index in [-0.39, 0.29) is 32.3 Å². The molecule has 3 nitrogen and oxygen atoms in total. The number of halogens is 5. The third kappa shape index (κ3) is 4.78. The van der Waals surface area contributed by atoms with Gasteiger partial charge in [0.2, 0.25) is 0 Å². The van der Waals surface area contributed by atoms with Crippen molar-refractivity contribution >= 4 is 35.2 Å². The van der Waals surface area contributed by atoms with Crippen molar-refractivity contribution in [2.45, 2.75) is 12.1 Å². The first-order valence-corrected chi connectivity index (χ1v) is 7.85. The molecule has 0 saturated heterocycles. The fourth-order valence-electron chi connectivity index (χ4n) is 2.32. The van der Waals surface area contributed by atoms with Crippen molar-refractivity contribution in [1.82, 2.24) is 0 Å². The van der Waals surface area contributed by atoms with Gasteiger partial charge in [-0.3, -0.25) is 0 Å². The van der Waals surface area contributed by atoms with Gasteiger partial charge in [-0.25, -0.2) is 4.79 Å². The molecule has 2 aromatic carbocycles. The van der Waals surface area contributed by atoms with Gasteiger partial charge in [-0.05, 0) is 41.5 Å². The van der Waals surface area contributed by atoms with E-state index < -0.39 is 18.1 Å². The number of carbonyl (C=O) groups is 1. The zero-order chi connectivity index (χ0) is 19.5. The van der Waals surface area contributed by atoms with Crippen LogP contribution < -0.4 is 0 Å². The quantitative estimate of drug-likeness (QED) is 0.693. The molecule has 134 valence electrons. The highest BCUT2D eigenvalue weighted by Crippen LogP contribution is 2.38. The highest BCUT2D eigenvalue weighted by atomic mass is 35.5. The molecule has 0 aliphatic carbocycles. The summed E-state index contributed by atoms with van der Waals surface area (Å²) in [6.45, 7) is 0. The molecule has 0 aliphatic heterocycles. The van der Waals surface area contributed by atoms with Gasteiger partial charge in [0, 0.05) is 10.0 Å². The molecule has 2 aromatic rings. The molecule has 8 heteroatoms. The minimum Gasteiger partial charge on any atom is -0.478 e. The number of carboxylic acid groups (broad SMARTS) is 1. The zero-order valence-corrected chi connectivity index (χ0v) is 14.4. The Hall–Kier alpha value is -2.49. The molecule has 1 N–H and O–H groups in total. The van der Waals surface area contributed by atoms with Crippen molar-refractivity contribution in [2.75, 3.05) is 0 Å². The summed E-state index contributed by atoms with van der Waals surface area (Å²) >= 11 is 11.6. The van der Waals surface area contributed by atoms with Crippen molar-refractivity contribution in [1.29, 1.82) is 5.26 Å². The molecule has 0 heterocycles. The van der Waals surface area contributed by atoms with Crippen LogP contribution in [0, 0.1) is 11.3 Å². The minimum atomic E-state index is -4.59. The molecule has 0 radical (unpaired) electrons. The lowest BCUT2D eigenvalue weighted by molar-refractivity contribution is -0.139. The molecule has 0 amide bonds. The van der Waals surface area contributed by atoms with Gasteiger partial charge in [0.1, 0.15) is 6.07 Å². The monoisotopic (exact) mass is 399 g/mol. The predicted octanol–water partition coefficient (Wildman–Crippen LogP) is 5.92. The fraction of sp³-hybridized carbons (Fsp3) is 0.111. The van der Waals surface area contributed by atoms with E-state index in [9.17, 15) is 18.0 Å². The second-order valence-corrected chi connectivity index (χ2v) is 6.18. The Morgan fingerprint density at radius 3 is 2.27 bits per heavy atom. The van der Waals surface area contributed by atoms with Gasteiger partial charge in [-0.15, -0.1) is 0 Å². The maximum atomic E-state index is 13.4. The topological polar surface area (TPSA) is 61.1 Å². The summed E-state index contributed by atoms with van der Waals surface area (Å²) in [5, 5.41) is 18.1. The number of nitriles is 1. The van der Waals surface area contributed by atoms with Crippen LogP contribution >= 0.6 is 23.2 Å². The molecule has 0 fully saturated rings. The number of carboxylic acids is 1. The van der Waals surface area contributed by atoms with Crippen molar-refractivity contribution in [3.8, 4) is 6.07 Å². The largest absolute Gasteiger partial charge is 0.478 e. The number of hydrogen-bond donors (Lipinski definition) is 1. The molecule has 0 spiro atoms. The number of aromatic carboxylic acids is 1. The summed E-state index contributed by atoms with van der Waals surface area (Å²) < 4.78 is 40.3. The van der Waals surface area contributed by atoms with Gasteiger partial charge in [0.25, 0.3) is 0 Å². The fourth-order valence-corrected chi connectivity index (χ4v) is 2.86. The zero-order valence-electron chi connectivity index (χ0n) is 12.9. The van der Waals surface area contributed by atoms with Gasteiger partial charge in [0.15, 0.2) is 0 Å². The second-order valence-electron chi connectivity index (χ2n) is 5.30. The lowest BCUT2D eigenvalue weighted by atomic mass is 9.96. The van der Waals surface area contributed by atoms with Crippen LogP contribution in [0.3, 0.4) is 0 Å². The second kappa shape index (κ2) is 7.81. The Morgan fingerprint density at radius 2 is 1.77 bits per heavy atom. The molecule has 26 heavy (non-hydrogen) atoms. The van der Waals surface area contributed by atoms with E-state index in [1.165, 1.54) is 42.5 Å². The van der Waals surface area contributed by atoms with Crippen LogP contribution in [0.2, 0.25) is 10.0 Å². The predicted molar refractivity (Wildman–Crippen MR) is 92.4 cm³/mol. The summed E-state index contributed by atoms with van der Waals surface area (Å²) in [6, 6.07) is 9.07. The van der Waals surface area contributed by atoms with Crippen molar-refractivity contribution in [3.05, 3.63) is 74.8 Å². The third-order valence-electron chi connectivity index (χ3n) is 3.47. The summed E-state index contributed by atoms with van der Waals surface area (Å²) in [4.78, 5) is 11.0. The molecule has 0 aromatic heterocycles. The molecule has 0 saturated carbocycles. The van der Waals surface area contributed by atoms with Crippen LogP contribution in [0.1, 0.15) is 33.0 Å². The van der Waals surface area contributed by atoms with Gasteiger partial charge >= 0.3 is 12.1 Å². The summed E-state index contributed by atoms with van der Waals surface area (Å²) in [5.74, 6) is -3.26. The van der Waals surface area contributed by atoms with Crippen molar-refractivity contribution in [2.24, 2.45) is 0 Å². The first-order chi connectivity index (χ1) is 12.1. The molecule has 1 atom stereocenters. The highest BCUT2D eigenvalue weighted by molar-refractivity contribution is 6.34. The summed E-state index contributed by atoms with van der Waals surface area (Å²) in [7, 11) is 0. The Balaban J connectivity index is 2.44. The maximum absolute atomic E-state index is 13.4. The SMILES string of the molecule is N#Cc1cc(C=CC(c2cc(Cl)cc(Cl)c2)C(F)(F)F)ccc1C(=O)O. The van der Waals surface area contributed by atoms with Crippen LogP contribution in [0.4, 0.5) is 13.2 Å². The smallest absolute Gasteiger partial charge is 0.399 e. The van der Waals surface area contributed by atoms with E-state index in [0.29, 0.717) is 0 Å². The molecule has 0 aliphatic rings. The molecule has 1 unspecified atom stereocenters. The number of alkyl halides is 3. The highest BCUT2D eigenvalue weighted by Gasteiger charge is 2.39. The van der Waals surface area contributed by atoms with Crippen LogP contribution in [-0.4, -0.2) is 17.3 Å². The van der Waals surface area contributed by atoms with E-state index in [4.69, 9.17) is 33.6 Å². The van der Waals surface area contributed by atoms with E-state index in [1.807, 2.05) is 0 Å². The third-order valence-corrected chi connectivity index (χ3v) is 3.91. The Bertz CT molecular complexity index is 897. The standard InChI is InChI=1S/C18H10Cl2F3NO2/c19-13-6-11(7-14(20)8-13)16(18(21,22)23)4-2-10-1-3-15(17(25)26)12(5-10)9-24/h1-8,16H,(H,25,26). The van der Waals surface area contributed by atoms with E-state index >= 15 is 0 Å². The Morgan fingerprint density at radius 1 is 1.15 bits per heavy atom. The maximum Gasteiger partial charge on any atom is 0.399 e. The van der Waals surface area contributed by atoms with Crippen LogP contribution in [0.5, 0.6) is 0 Å². The normalized spacial score (nSPS) is 12.8. The van der Waals surface area contributed by atoms with E-state index in [0.717, 1.165) is 6.08 Å². The number of benzene rings is 2. The van der Waals surface area contributed by atoms with E-state index in [1.54, 1.807) is 6.07 Å². The molecule has 0 bridgehead atoms. The first kappa shape index (κ1) is 19.8. The Labute approximate surface area is 156 Å². The number of hydrogen-bond acceptors (Lipinski definition) is 2. The van der Waals surface area contributed by atoms with Gasteiger partial charge in [-0.2, -0.15) is 18.4 Å². The molecular formula is C18H10Cl2F3NO2. The molecule has 2 rings (SSSR count). The lowest BCUT2D eigenvalue weighted by Crippen LogP contribution is -2.18. The average Bonchev–Trinajstić information content (AvgIpc) is 2.52. The van der Waals surface area contributed by atoms with Crippen molar-refractivity contribution in [3.63, 3.8) is 0 Å². The van der Waals surface area contributed by atoms with Gasteiger partial charge in [0.05, 0.1) is 17.0 Å². The van der Waals surface area contributed by atoms with Gasteiger partial charge in [-0.1, -0.05) is 41.4 Å². The lowest BCUT2D eigenvalue weighted by Gasteiger charge is -2.18. The number of rotatable bonds is 4. The minimum absolute atomic E-state index is 0.0766. The van der Waals surface area contributed by atoms with E-state index in [2.05, 4.69) is 0 Å². The van der Waals surface area contributed by atoms with Crippen LogP contribution in [0.15, 0.2) is 42.5 Å². The number of nitrogens with zero attached hydrogens (tertiary/aromatic N) is 1. The van der Waals surface area contributed by atoms with Gasteiger partial charge < -0.3 is 5.11 Å².